The van der Waals surface area contributed by atoms with Gasteiger partial charge < -0.3 is 19.9 Å². The molecule has 0 saturated carbocycles. The second kappa shape index (κ2) is 15.0. The first-order valence-electron chi connectivity index (χ1n) is 5.00. The Morgan fingerprint density at radius 1 is 1.00 bits per heavy atom. The Balaban J connectivity index is -0.0000000883. The Morgan fingerprint density at radius 3 is 1.13 bits per heavy atom. The molecule has 0 aromatic heterocycles. The molecule has 15 heavy (non-hydrogen) atoms. The Kier molecular flexibility index (Phi) is 25.1. The van der Waals surface area contributed by atoms with Crippen LogP contribution in [0.3, 0.4) is 0 Å². The summed E-state index contributed by atoms with van der Waals surface area (Å²) in [6, 6.07) is 0. The molecule has 0 heterocycles. The Morgan fingerprint density at radius 2 is 1.13 bits per heavy atom. The zero-order chi connectivity index (χ0) is 10.9. The van der Waals surface area contributed by atoms with Crippen LogP contribution in [0.15, 0.2) is 0 Å². The molecule has 0 aliphatic heterocycles. The molecule has 88 valence electrons. The van der Waals surface area contributed by atoms with E-state index in [1.165, 1.54) is 30.7 Å². The number of nitrogens with zero attached hydrogens (tertiary/aromatic N) is 1. The number of rotatable bonds is 4. The summed E-state index contributed by atoms with van der Waals surface area (Å²) in [4.78, 5) is 8.89. The van der Waals surface area contributed by atoms with E-state index < -0.39 is 5.97 Å². The summed E-state index contributed by atoms with van der Waals surface area (Å²) < 4.78 is 1.28. The molecule has 0 atom stereocenters. The van der Waals surface area contributed by atoms with E-state index in [9.17, 15) is 0 Å². The molecule has 0 aliphatic rings. The Bertz CT molecular complexity index is 117. The normalized spacial score (nSPS) is 8.87. The van der Waals surface area contributed by atoms with Crippen molar-refractivity contribution in [3.8, 4) is 0 Å². The van der Waals surface area contributed by atoms with Crippen LogP contribution < -0.4 is 56.5 Å². The average molecular weight is 245 g/mol. The van der Waals surface area contributed by atoms with E-state index in [4.69, 9.17) is 9.90 Å². The fraction of sp³-hybridized carbons (Fsp3) is 0.900. The van der Waals surface area contributed by atoms with Crippen LogP contribution in [0.5, 0.6) is 0 Å². The molecule has 0 saturated heterocycles. The predicted octanol–water partition coefficient (Wildman–Crippen LogP) is -2.53. The topological polar surface area (TPSA) is 70.1 Å². The van der Waals surface area contributed by atoms with Gasteiger partial charge in [0, 0.05) is 5.97 Å². The van der Waals surface area contributed by atoms with Crippen molar-refractivity contribution in [3.63, 3.8) is 0 Å². The van der Waals surface area contributed by atoms with Crippen LogP contribution in [0.2, 0.25) is 0 Å². The number of carboxylic acids is 1. The smallest absolute Gasteiger partial charge is 0.870 e. The quantitative estimate of drug-likeness (QED) is 0.405. The van der Waals surface area contributed by atoms with Gasteiger partial charge in [-0.1, -0.05) is 0 Å². The van der Waals surface area contributed by atoms with E-state index in [1.54, 1.807) is 0 Å². The van der Waals surface area contributed by atoms with E-state index in [1.807, 2.05) is 0 Å². The van der Waals surface area contributed by atoms with Crippen molar-refractivity contribution in [1.29, 1.82) is 0 Å². The number of carbonyl (C=O) groups excluding carboxylic acids is 1. The van der Waals surface area contributed by atoms with Crippen molar-refractivity contribution in [1.82, 2.24) is 0 Å². The summed E-state index contributed by atoms with van der Waals surface area (Å²) in [7, 11) is 0. The third-order valence-electron chi connectivity index (χ3n) is 2.68. The summed E-state index contributed by atoms with van der Waals surface area (Å²) in [6.45, 7) is 15.2. The third-order valence-corrected chi connectivity index (χ3v) is 2.68. The molecule has 1 N–H and O–H groups in total. The molecule has 0 aromatic rings. The summed E-state index contributed by atoms with van der Waals surface area (Å²) in [5.41, 5.74) is 0. The Hall–Kier alpha value is 1.03. The van der Waals surface area contributed by atoms with Crippen LogP contribution in [-0.4, -0.2) is 42.1 Å². The molecule has 4 nitrogen and oxygen atoms in total. The molecule has 0 bridgehead atoms. The standard InChI is InChI=1S/C8H20N.C2H4O2.K.H2O/c1-5-9(6-2,7-3)8-4;1-2(3)4;;/h5-8H2,1-4H3;1H3,(H,3,4);;1H2/q+1;;+1;/p-2. The molecular formula is C10H24KNO3. The van der Waals surface area contributed by atoms with Crippen molar-refractivity contribution in [2.75, 3.05) is 26.2 Å². The number of hydrogen-bond acceptors (Lipinski definition) is 3. The molecule has 0 spiro atoms. The molecule has 0 unspecified atom stereocenters. The van der Waals surface area contributed by atoms with Crippen molar-refractivity contribution < 1.29 is 71.2 Å². The number of carbonyl (C=O) groups is 1. The molecule has 0 fully saturated rings. The molecular weight excluding hydrogens is 221 g/mol. The number of aliphatic carboxylic acids is 1. The van der Waals surface area contributed by atoms with E-state index in [0.717, 1.165) is 6.92 Å². The molecule has 0 amide bonds. The van der Waals surface area contributed by atoms with Crippen molar-refractivity contribution in [2.45, 2.75) is 34.6 Å². The molecule has 0 rings (SSSR count). The van der Waals surface area contributed by atoms with Gasteiger partial charge in [-0.05, 0) is 34.6 Å². The van der Waals surface area contributed by atoms with Crippen LogP contribution in [0.1, 0.15) is 34.6 Å². The van der Waals surface area contributed by atoms with Gasteiger partial charge in [0.15, 0.2) is 0 Å². The largest absolute Gasteiger partial charge is 1.00 e. The zero-order valence-electron chi connectivity index (χ0n) is 11.0. The maximum atomic E-state index is 8.89. The van der Waals surface area contributed by atoms with Crippen molar-refractivity contribution in [2.24, 2.45) is 0 Å². The molecule has 0 radical (unpaired) electrons. The molecule has 5 heteroatoms. The van der Waals surface area contributed by atoms with Gasteiger partial charge in [0.25, 0.3) is 0 Å². The fourth-order valence-electron chi connectivity index (χ4n) is 1.34. The van der Waals surface area contributed by atoms with Gasteiger partial charge in [-0.3, -0.25) is 0 Å². The summed E-state index contributed by atoms with van der Waals surface area (Å²) in [5.74, 6) is -1.08. The van der Waals surface area contributed by atoms with E-state index >= 15 is 0 Å². The van der Waals surface area contributed by atoms with Gasteiger partial charge in [0.2, 0.25) is 0 Å². The van der Waals surface area contributed by atoms with Crippen LogP contribution >= 0.6 is 0 Å². The van der Waals surface area contributed by atoms with E-state index in [2.05, 4.69) is 27.7 Å². The van der Waals surface area contributed by atoms with Crippen molar-refractivity contribution in [3.05, 3.63) is 0 Å². The van der Waals surface area contributed by atoms with E-state index in [0.29, 0.717) is 0 Å². The minimum atomic E-state index is -1.08. The summed E-state index contributed by atoms with van der Waals surface area (Å²) in [6.07, 6.45) is 0. The van der Waals surface area contributed by atoms with Gasteiger partial charge in [0.1, 0.15) is 0 Å². The van der Waals surface area contributed by atoms with Crippen LogP contribution in [0.25, 0.3) is 0 Å². The van der Waals surface area contributed by atoms with Gasteiger partial charge >= 0.3 is 51.4 Å². The number of quaternary nitrogens is 1. The molecule has 0 aliphatic carbocycles. The summed E-state index contributed by atoms with van der Waals surface area (Å²) >= 11 is 0. The third kappa shape index (κ3) is 15.0. The maximum Gasteiger partial charge on any atom is 1.00 e. The minimum absolute atomic E-state index is 0. The second-order valence-electron chi connectivity index (χ2n) is 3.10. The fourth-order valence-corrected chi connectivity index (χ4v) is 1.34. The van der Waals surface area contributed by atoms with Gasteiger partial charge in [-0.2, -0.15) is 0 Å². The number of hydrogen-bond donors (Lipinski definition) is 0. The number of carboxylic acid groups (broad SMARTS) is 1. The predicted molar refractivity (Wildman–Crippen MR) is 55.0 cm³/mol. The maximum absolute atomic E-state index is 8.89. The van der Waals surface area contributed by atoms with Crippen LogP contribution in [0.4, 0.5) is 0 Å². The first-order valence-corrected chi connectivity index (χ1v) is 5.00. The first-order chi connectivity index (χ1) is 5.97. The first kappa shape index (κ1) is 25.0. The monoisotopic (exact) mass is 245 g/mol. The van der Waals surface area contributed by atoms with E-state index in [-0.39, 0.29) is 56.9 Å². The summed E-state index contributed by atoms with van der Waals surface area (Å²) in [5, 5.41) is 8.89. The molecule has 0 aromatic carbocycles. The Labute approximate surface area is 136 Å². The SMILES string of the molecule is CC(=O)[O-].CC[N+](CC)(CC)CC.[K+].[OH-]. The van der Waals surface area contributed by atoms with Gasteiger partial charge in [-0.25, -0.2) is 0 Å². The van der Waals surface area contributed by atoms with Gasteiger partial charge in [-0.15, -0.1) is 0 Å². The van der Waals surface area contributed by atoms with Crippen LogP contribution in [0, 0.1) is 0 Å². The average Bonchev–Trinajstić information content (AvgIpc) is 2.09. The zero-order valence-corrected chi connectivity index (χ0v) is 14.2. The minimum Gasteiger partial charge on any atom is -0.870 e. The van der Waals surface area contributed by atoms with Gasteiger partial charge in [0.05, 0.1) is 26.2 Å². The van der Waals surface area contributed by atoms with Crippen molar-refractivity contribution >= 4 is 5.97 Å². The van der Waals surface area contributed by atoms with Crippen LogP contribution in [-0.2, 0) is 4.79 Å². The second-order valence-corrected chi connectivity index (χ2v) is 3.10.